The third-order valence-electron chi connectivity index (χ3n) is 3.40. The lowest BCUT2D eigenvalue weighted by atomic mass is 10.0. The zero-order chi connectivity index (χ0) is 13.9. The summed E-state index contributed by atoms with van der Waals surface area (Å²) in [6.45, 7) is 0. The Morgan fingerprint density at radius 1 is 1.16 bits per heavy atom. The van der Waals surface area contributed by atoms with Crippen LogP contribution < -0.4 is 4.72 Å². The molecule has 0 amide bonds. The maximum absolute atomic E-state index is 12.2. The molecule has 19 heavy (non-hydrogen) atoms. The second-order valence-electron chi connectivity index (χ2n) is 4.76. The molecule has 0 heterocycles. The van der Waals surface area contributed by atoms with E-state index in [0.717, 1.165) is 19.3 Å². The summed E-state index contributed by atoms with van der Waals surface area (Å²) in [7, 11) is -3.51. The zero-order valence-electron chi connectivity index (χ0n) is 10.5. The molecule has 1 aliphatic carbocycles. The van der Waals surface area contributed by atoms with Crippen molar-refractivity contribution in [2.45, 2.75) is 37.4 Å². The van der Waals surface area contributed by atoms with Crippen molar-refractivity contribution in [3.05, 3.63) is 29.8 Å². The molecule has 2 N–H and O–H groups in total. The van der Waals surface area contributed by atoms with Gasteiger partial charge in [0.15, 0.2) is 0 Å². The molecule has 0 aliphatic heterocycles. The maximum Gasteiger partial charge on any atom is 0.337 e. The van der Waals surface area contributed by atoms with Crippen LogP contribution in [0.5, 0.6) is 0 Å². The van der Waals surface area contributed by atoms with Crippen LogP contribution in [0, 0.1) is 0 Å². The predicted molar refractivity (Wildman–Crippen MR) is 72.8 cm³/mol. The van der Waals surface area contributed by atoms with Gasteiger partial charge in [-0.2, -0.15) is 0 Å². The number of hydrogen-bond donors (Lipinski definition) is 2. The minimum atomic E-state index is -3.51. The molecule has 1 saturated carbocycles. The summed E-state index contributed by atoms with van der Waals surface area (Å²) in [6.07, 6.45) is 4.17. The van der Waals surface area contributed by atoms with Crippen molar-refractivity contribution in [3.8, 4) is 0 Å². The van der Waals surface area contributed by atoms with Crippen molar-refractivity contribution >= 4 is 21.7 Å². The van der Waals surface area contributed by atoms with Crippen molar-refractivity contribution in [1.29, 1.82) is 0 Å². The van der Waals surface area contributed by atoms with Crippen LogP contribution in [0.2, 0.25) is 0 Å². The van der Waals surface area contributed by atoms with Crippen molar-refractivity contribution in [3.63, 3.8) is 0 Å². The number of anilines is 1. The Balaban J connectivity index is 2.22. The first kappa shape index (κ1) is 13.9. The largest absolute Gasteiger partial charge is 0.478 e. The first-order valence-corrected chi connectivity index (χ1v) is 7.89. The normalized spacial score (nSPS) is 17.1. The Kier molecular flexibility index (Phi) is 4.09. The number of benzene rings is 1. The fourth-order valence-corrected chi connectivity index (χ4v) is 3.98. The smallest absolute Gasteiger partial charge is 0.337 e. The second-order valence-corrected chi connectivity index (χ2v) is 6.72. The van der Waals surface area contributed by atoms with Crippen molar-refractivity contribution in [2.75, 3.05) is 4.72 Å². The van der Waals surface area contributed by atoms with E-state index in [0.29, 0.717) is 12.8 Å². The molecule has 0 bridgehead atoms. The SMILES string of the molecule is O=C(O)c1ccccc1NS(=O)(=O)C1CCCCC1. The fraction of sp³-hybridized carbons (Fsp3) is 0.462. The number of carboxylic acid groups (broad SMARTS) is 1. The lowest BCUT2D eigenvalue weighted by Gasteiger charge is -2.22. The summed E-state index contributed by atoms with van der Waals surface area (Å²) in [6, 6.07) is 6.05. The minimum Gasteiger partial charge on any atom is -0.478 e. The molecule has 1 aliphatic rings. The molecule has 0 spiro atoms. The highest BCUT2D eigenvalue weighted by molar-refractivity contribution is 7.93. The fourth-order valence-electron chi connectivity index (χ4n) is 2.37. The van der Waals surface area contributed by atoms with Crippen LogP contribution in [-0.2, 0) is 10.0 Å². The van der Waals surface area contributed by atoms with Gasteiger partial charge in [0.05, 0.1) is 16.5 Å². The van der Waals surface area contributed by atoms with Crippen LogP contribution in [0.1, 0.15) is 42.5 Å². The average molecular weight is 283 g/mol. The molecule has 1 aromatic rings. The second kappa shape index (κ2) is 5.61. The number of aromatic carboxylic acids is 1. The molecule has 1 fully saturated rings. The number of carbonyl (C=O) groups is 1. The van der Waals surface area contributed by atoms with Gasteiger partial charge in [0.1, 0.15) is 0 Å². The molecule has 5 nitrogen and oxygen atoms in total. The number of hydrogen-bond acceptors (Lipinski definition) is 3. The van der Waals surface area contributed by atoms with Gasteiger partial charge in [-0.15, -0.1) is 0 Å². The Morgan fingerprint density at radius 3 is 2.42 bits per heavy atom. The van der Waals surface area contributed by atoms with Gasteiger partial charge >= 0.3 is 5.97 Å². The van der Waals surface area contributed by atoms with E-state index in [2.05, 4.69) is 4.72 Å². The van der Waals surface area contributed by atoms with Gasteiger partial charge in [-0.25, -0.2) is 13.2 Å². The van der Waals surface area contributed by atoms with E-state index in [9.17, 15) is 13.2 Å². The molecule has 104 valence electrons. The molecule has 6 heteroatoms. The third kappa shape index (κ3) is 3.26. The van der Waals surface area contributed by atoms with Crippen LogP contribution >= 0.6 is 0 Å². The van der Waals surface area contributed by atoms with E-state index in [4.69, 9.17) is 5.11 Å². The van der Waals surface area contributed by atoms with E-state index >= 15 is 0 Å². The molecule has 2 rings (SSSR count). The summed E-state index contributed by atoms with van der Waals surface area (Å²) < 4.78 is 26.9. The molecule has 0 aromatic heterocycles. The maximum atomic E-state index is 12.2. The van der Waals surface area contributed by atoms with Gasteiger partial charge in [0.25, 0.3) is 0 Å². The molecular weight excluding hydrogens is 266 g/mol. The summed E-state index contributed by atoms with van der Waals surface area (Å²) in [5.41, 5.74) is 0.113. The summed E-state index contributed by atoms with van der Waals surface area (Å²) in [5.74, 6) is -1.14. The van der Waals surface area contributed by atoms with E-state index < -0.39 is 21.2 Å². The standard InChI is InChI=1S/C13H17NO4S/c15-13(16)11-8-4-5-9-12(11)14-19(17,18)10-6-2-1-3-7-10/h4-5,8-10,14H,1-3,6-7H2,(H,15,16). The summed E-state index contributed by atoms with van der Waals surface area (Å²) in [4.78, 5) is 11.0. The third-order valence-corrected chi connectivity index (χ3v) is 5.25. The average Bonchev–Trinajstić information content (AvgIpc) is 2.39. The number of carboxylic acids is 1. The van der Waals surface area contributed by atoms with E-state index in [-0.39, 0.29) is 11.3 Å². The van der Waals surface area contributed by atoms with Gasteiger partial charge in [-0.3, -0.25) is 4.72 Å². The molecule has 0 saturated heterocycles. The molecule has 0 radical (unpaired) electrons. The Morgan fingerprint density at radius 2 is 1.79 bits per heavy atom. The molecule has 0 atom stereocenters. The first-order chi connectivity index (χ1) is 9.00. The Hall–Kier alpha value is -1.56. The highest BCUT2D eigenvalue weighted by Gasteiger charge is 2.28. The van der Waals surface area contributed by atoms with Crippen LogP contribution in [0.4, 0.5) is 5.69 Å². The van der Waals surface area contributed by atoms with Crippen LogP contribution in [0.15, 0.2) is 24.3 Å². The van der Waals surface area contributed by atoms with Crippen LogP contribution in [0.3, 0.4) is 0 Å². The Labute approximate surface area is 112 Å². The topological polar surface area (TPSA) is 83.5 Å². The lowest BCUT2D eigenvalue weighted by molar-refractivity contribution is 0.0698. The van der Waals surface area contributed by atoms with Gasteiger partial charge < -0.3 is 5.11 Å². The lowest BCUT2D eigenvalue weighted by Crippen LogP contribution is -2.30. The predicted octanol–water partition coefficient (Wildman–Crippen LogP) is 2.46. The van der Waals surface area contributed by atoms with Gasteiger partial charge in [-0.05, 0) is 25.0 Å². The van der Waals surface area contributed by atoms with Gasteiger partial charge in [0, 0.05) is 0 Å². The minimum absolute atomic E-state index is 0.0260. The van der Waals surface area contributed by atoms with Crippen LogP contribution in [0.25, 0.3) is 0 Å². The number of sulfonamides is 1. The first-order valence-electron chi connectivity index (χ1n) is 6.34. The summed E-state index contributed by atoms with van der Waals surface area (Å²) in [5, 5.41) is 8.62. The molecule has 0 unspecified atom stereocenters. The van der Waals surface area contributed by atoms with E-state index in [1.807, 2.05) is 0 Å². The number of nitrogens with one attached hydrogen (secondary N) is 1. The highest BCUT2D eigenvalue weighted by Crippen LogP contribution is 2.26. The van der Waals surface area contributed by atoms with Crippen molar-refractivity contribution in [2.24, 2.45) is 0 Å². The summed E-state index contributed by atoms with van der Waals surface area (Å²) >= 11 is 0. The monoisotopic (exact) mass is 283 g/mol. The zero-order valence-corrected chi connectivity index (χ0v) is 11.3. The quantitative estimate of drug-likeness (QED) is 0.889. The van der Waals surface area contributed by atoms with E-state index in [1.165, 1.54) is 12.1 Å². The molecular formula is C13H17NO4S. The van der Waals surface area contributed by atoms with Crippen molar-refractivity contribution < 1.29 is 18.3 Å². The molecule has 1 aromatic carbocycles. The number of rotatable bonds is 4. The highest BCUT2D eigenvalue weighted by atomic mass is 32.2. The van der Waals surface area contributed by atoms with Gasteiger partial charge in [-0.1, -0.05) is 31.4 Å². The Bertz CT molecular complexity index is 562. The number of para-hydroxylation sites is 1. The van der Waals surface area contributed by atoms with E-state index in [1.54, 1.807) is 12.1 Å². The van der Waals surface area contributed by atoms with Crippen molar-refractivity contribution in [1.82, 2.24) is 0 Å². The van der Waals surface area contributed by atoms with Crippen LogP contribution in [-0.4, -0.2) is 24.7 Å². The van der Waals surface area contributed by atoms with Gasteiger partial charge in [0.2, 0.25) is 10.0 Å².